The third-order valence-corrected chi connectivity index (χ3v) is 6.23. The van der Waals surface area contributed by atoms with E-state index in [1.54, 1.807) is 14.2 Å². The molecule has 6 nitrogen and oxygen atoms in total. The maximum Gasteiger partial charge on any atom is 0.233 e. The number of carbonyl (C=O) groups is 1. The van der Waals surface area contributed by atoms with Gasteiger partial charge in [0.2, 0.25) is 5.91 Å². The average molecular weight is 416 g/mol. The highest BCUT2D eigenvalue weighted by atomic mass is 32.2. The molecule has 0 N–H and O–H groups in total. The fourth-order valence-corrected chi connectivity index (χ4v) is 4.63. The fraction of sp³-hybridized carbons (Fsp3) is 0.409. The molecule has 0 unspecified atom stereocenters. The molecule has 29 heavy (non-hydrogen) atoms. The van der Waals surface area contributed by atoms with Crippen LogP contribution in [-0.4, -0.2) is 50.5 Å². The lowest BCUT2D eigenvalue weighted by Crippen LogP contribution is -2.32. The molecule has 0 saturated carbocycles. The largest absolute Gasteiger partial charge is 0.497 e. The Kier molecular flexibility index (Phi) is 6.04. The van der Waals surface area contributed by atoms with E-state index in [-0.39, 0.29) is 11.9 Å². The lowest BCUT2D eigenvalue weighted by Gasteiger charge is -2.26. The highest BCUT2D eigenvalue weighted by molar-refractivity contribution is 8.00. The predicted molar refractivity (Wildman–Crippen MR) is 111 cm³/mol. The van der Waals surface area contributed by atoms with E-state index in [2.05, 4.69) is 0 Å². The molecule has 0 aliphatic carbocycles. The van der Waals surface area contributed by atoms with Gasteiger partial charge in [0, 0.05) is 23.1 Å². The Hall–Kier alpha value is -2.54. The summed E-state index contributed by atoms with van der Waals surface area (Å²) < 4.78 is 22.0. The Morgan fingerprint density at radius 3 is 2.72 bits per heavy atom. The van der Waals surface area contributed by atoms with Crippen molar-refractivity contribution in [2.45, 2.75) is 23.8 Å². The van der Waals surface area contributed by atoms with E-state index in [9.17, 15) is 4.79 Å². The molecule has 2 aromatic carbocycles. The van der Waals surface area contributed by atoms with Crippen molar-refractivity contribution < 1.29 is 23.7 Å². The van der Waals surface area contributed by atoms with E-state index in [0.29, 0.717) is 19.0 Å². The van der Waals surface area contributed by atoms with Gasteiger partial charge >= 0.3 is 0 Å². The zero-order chi connectivity index (χ0) is 20.2. The molecule has 0 radical (unpaired) electrons. The molecule has 0 spiro atoms. The lowest BCUT2D eigenvalue weighted by atomic mass is 10.0. The number of rotatable bonds is 6. The molecule has 4 rings (SSSR count). The van der Waals surface area contributed by atoms with Gasteiger partial charge in [0.25, 0.3) is 0 Å². The minimum atomic E-state index is 0.0317. The van der Waals surface area contributed by atoms with Crippen LogP contribution in [-0.2, 0) is 4.79 Å². The maximum atomic E-state index is 13.0. The van der Waals surface area contributed by atoms with Crippen molar-refractivity contribution in [2.24, 2.45) is 0 Å². The van der Waals surface area contributed by atoms with E-state index in [1.807, 2.05) is 41.3 Å². The molecule has 2 aliphatic heterocycles. The van der Waals surface area contributed by atoms with Crippen LogP contribution in [0.3, 0.4) is 0 Å². The number of likely N-dealkylation sites (tertiary alicyclic amines) is 1. The average Bonchev–Trinajstić information content (AvgIpc) is 3.26. The van der Waals surface area contributed by atoms with Crippen LogP contribution in [0.4, 0.5) is 0 Å². The van der Waals surface area contributed by atoms with Gasteiger partial charge in [-0.05, 0) is 43.2 Å². The smallest absolute Gasteiger partial charge is 0.233 e. The minimum absolute atomic E-state index is 0.0317. The zero-order valence-electron chi connectivity index (χ0n) is 16.7. The second kappa shape index (κ2) is 8.86. The molecule has 0 bridgehead atoms. The standard InChI is InChI=1S/C22H25NO5S/c1-25-15-5-7-17(20(12-15)26-2)18-4-3-9-23(18)22(24)14-29-16-6-8-19-21(13-16)28-11-10-27-19/h5-8,12-13,18H,3-4,9-11,14H2,1-2H3/t18-/m1/s1. The molecular formula is C22H25NO5S. The maximum absolute atomic E-state index is 13.0. The lowest BCUT2D eigenvalue weighted by molar-refractivity contribution is -0.129. The molecule has 2 aliphatic rings. The Morgan fingerprint density at radius 1 is 1.10 bits per heavy atom. The first kappa shape index (κ1) is 19.8. The number of benzene rings is 2. The second-order valence-corrected chi connectivity index (χ2v) is 8.00. The number of fused-ring (bicyclic) bond motifs is 1. The van der Waals surface area contributed by atoms with Crippen LogP contribution >= 0.6 is 11.8 Å². The summed E-state index contributed by atoms with van der Waals surface area (Å²) in [5.74, 6) is 3.53. The van der Waals surface area contributed by atoms with Crippen molar-refractivity contribution in [3.8, 4) is 23.0 Å². The number of nitrogens with zero attached hydrogens (tertiary/aromatic N) is 1. The summed E-state index contributed by atoms with van der Waals surface area (Å²) in [6.45, 7) is 1.89. The summed E-state index contributed by atoms with van der Waals surface area (Å²) in [5, 5.41) is 0. The van der Waals surface area contributed by atoms with Gasteiger partial charge in [0.15, 0.2) is 11.5 Å². The van der Waals surface area contributed by atoms with E-state index in [0.717, 1.165) is 52.8 Å². The van der Waals surface area contributed by atoms with Crippen LogP contribution in [0.1, 0.15) is 24.4 Å². The van der Waals surface area contributed by atoms with Gasteiger partial charge < -0.3 is 23.8 Å². The van der Waals surface area contributed by atoms with Crippen molar-refractivity contribution in [2.75, 3.05) is 39.7 Å². The fourth-order valence-electron chi connectivity index (χ4n) is 3.82. The van der Waals surface area contributed by atoms with Crippen molar-refractivity contribution in [1.29, 1.82) is 0 Å². The Balaban J connectivity index is 1.44. The molecule has 154 valence electrons. The van der Waals surface area contributed by atoms with Crippen LogP contribution < -0.4 is 18.9 Å². The third kappa shape index (κ3) is 4.24. The highest BCUT2D eigenvalue weighted by Gasteiger charge is 2.32. The van der Waals surface area contributed by atoms with E-state index < -0.39 is 0 Å². The molecular weight excluding hydrogens is 390 g/mol. The molecule has 0 aromatic heterocycles. The summed E-state index contributed by atoms with van der Waals surface area (Å²) in [6, 6.07) is 11.6. The monoisotopic (exact) mass is 415 g/mol. The van der Waals surface area contributed by atoms with Crippen LogP contribution in [0.15, 0.2) is 41.3 Å². The van der Waals surface area contributed by atoms with Crippen molar-refractivity contribution in [3.63, 3.8) is 0 Å². The molecule has 1 atom stereocenters. The summed E-state index contributed by atoms with van der Waals surface area (Å²) >= 11 is 1.52. The number of methoxy groups -OCH3 is 2. The molecule has 1 fully saturated rings. The topological polar surface area (TPSA) is 57.2 Å². The van der Waals surface area contributed by atoms with Crippen molar-refractivity contribution in [1.82, 2.24) is 4.90 Å². The molecule has 1 saturated heterocycles. The van der Waals surface area contributed by atoms with Crippen molar-refractivity contribution >= 4 is 17.7 Å². The number of hydrogen-bond donors (Lipinski definition) is 0. The zero-order valence-corrected chi connectivity index (χ0v) is 17.5. The van der Waals surface area contributed by atoms with Gasteiger partial charge in [0.05, 0.1) is 26.0 Å². The van der Waals surface area contributed by atoms with Crippen LogP contribution in [0.25, 0.3) is 0 Å². The third-order valence-electron chi connectivity index (χ3n) is 5.25. The molecule has 2 heterocycles. The van der Waals surface area contributed by atoms with Crippen LogP contribution in [0, 0.1) is 0 Å². The summed E-state index contributed by atoms with van der Waals surface area (Å²) in [7, 11) is 3.28. The SMILES string of the molecule is COc1ccc([C@H]2CCCN2C(=O)CSc2ccc3c(c2)OCCO3)c(OC)c1. The van der Waals surface area contributed by atoms with E-state index >= 15 is 0 Å². The Morgan fingerprint density at radius 2 is 1.93 bits per heavy atom. The Labute approximate surface area is 175 Å². The molecule has 1 amide bonds. The van der Waals surface area contributed by atoms with Gasteiger partial charge in [-0.2, -0.15) is 0 Å². The van der Waals surface area contributed by atoms with E-state index in [4.69, 9.17) is 18.9 Å². The highest BCUT2D eigenvalue weighted by Crippen LogP contribution is 2.39. The first-order chi connectivity index (χ1) is 14.2. The van der Waals surface area contributed by atoms with Gasteiger partial charge in [-0.3, -0.25) is 4.79 Å². The number of hydrogen-bond acceptors (Lipinski definition) is 6. The minimum Gasteiger partial charge on any atom is -0.497 e. The van der Waals surface area contributed by atoms with Crippen molar-refractivity contribution in [3.05, 3.63) is 42.0 Å². The number of thioether (sulfide) groups is 1. The van der Waals surface area contributed by atoms with Crippen LogP contribution in [0.2, 0.25) is 0 Å². The first-order valence-corrected chi connectivity index (χ1v) is 10.7. The Bertz CT molecular complexity index is 888. The van der Waals surface area contributed by atoms with Gasteiger partial charge in [-0.25, -0.2) is 0 Å². The summed E-state index contributed by atoms with van der Waals surface area (Å²) in [5.41, 5.74) is 1.03. The quantitative estimate of drug-likeness (QED) is 0.667. The normalized spacial score (nSPS) is 17.9. The van der Waals surface area contributed by atoms with Gasteiger partial charge in [-0.1, -0.05) is 0 Å². The number of carbonyl (C=O) groups excluding carboxylic acids is 1. The second-order valence-electron chi connectivity index (χ2n) is 6.95. The van der Waals surface area contributed by atoms with Gasteiger partial charge in [0.1, 0.15) is 24.7 Å². The van der Waals surface area contributed by atoms with Gasteiger partial charge in [-0.15, -0.1) is 11.8 Å². The molecule has 2 aromatic rings. The van der Waals surface area contributed by atoms with E-state index in [1.165, 1.54) is 11.8 Å². The summed E-state index contributed by atoms with van der Waals surface area (Å²) in [4.78, 5) is 16.0. The first-order valence-electron chi connectivity index (χ1n) is 9.73. The van der Waals surface area contributed by atoms with Crippen LogP contribution in [0.5, 0.6) is 23.0 Å². The molecule has 7 heteroatoms. The number of ether oxygens (including phenoxy) is 4. The summed E-state index contributed by atoms with van der Waals surface area (Å²) in [6.07, 6.45) is 1.92. The number of amides is 1. The predicted octanol–water partition coefficient (Wildman–Crippen LogP) is 3.93.